The van der Waals surface area contributed by atoms with Gasteiger partial charge in [0.15, 0.2) is 5.96 Å². The maximum atomic E-state index is 11.8. The van der Waals surface area contributed by atoms with E-state index >= 15 is 0 Å². The van der Waals surface area contributed by atoms with Gasteiger partial charge in [-0.25, -0.2) is 4.99 Å². The Kier molecular flexibility index (Phi) is 12.3. The van der Waals surface area contributed by atoms with Crippen LogP contribution in [0.5, 0.6) is 0 Å². The van der Waals surface area contributed by atoms with E-state index in [2.05, 4.69) is 27.9 Å². The zero-order chi connectivity index (χ0) is 17.1. The number of guanidine groups is 1. The molecule has 7 heteroatoms. The van der Waals surface area contributed by atoms with Crippen molar-refractivity contribution in [2.24, 2.45) is 4.99 Å². The van der Waals surface area contributed by atoms with E-state index in [1.165, 1.54) is 0 Å². The van der Waals surface area contributed by atoms with Gasteiger partial charge in [0, 0.05) is 18.8 Å². The predicted molar refractivity (Wildman–Crippen MR) is 112 cm³/mol. The molecule has 0 saturated heterocycles. The second-order valence-corrected chi connectivity index (χ2v) is 5.61. The van der Waals surface area contributed by atoms with Crippen molar-refractivity contribution in [1.29, 1.82) is 0 Å². The maximum Gasteiger partial charge on any atom is 0.238 e. The van der Waals surface area contributed by atoms with Crippen LogP contribution in [0.15, 0.2) is 29.3 Å². The Hall–Kier alpha value is -1.35. The third-order valence-corrected chi connectivity index (χ3v) is 2.98. The molecule has 1 aromatic rings. The average Bonchev–Trinajstić information content (AvgIpc) is 2.49. The first-order chi connectivity index (χ1) is 11.0. The number of anilines is 1. The average molecular weight is 447 g/mol. The van der Waals surface area contributed by atoms with Crippen LogP contribution in [-0.4, -0.2) is 50.5 Å². The highest BCUT2D eigenvalue weighted by Crippen LogP contribution is 2.11. The minimum atomic E-state index is -0.0198. The lowest BCUT2D eigenvalue weighted by Gasteiger charge is -2.12. The molecular formula is C17H30IN5O. The molecule has 0 atom stereocenters. The van der Waals surface area contributed by atoms with Crippen LogP contribution in [0.25, 0.3) is 0 Å². The monoisotopic (exact) mass is 447 g/mol. The van der Waals surface area contributed by atoms with E-state index in [1.54, 1.807) is 0 Å². The summed E-state index contributed by atoms with van der Waals surface area (Å²) in [5.41, 5.74) is 1.86. The summed E-state index contributed by atoms with van der Waals surface area (Å²) in [6.07, 6.45) is 1.05. The first-order valence-electron chi connectivity index (χ1n) is 8.10. The molecule has 24 heavy (non-hydrogen) atoms. The molecule has 0 aliphatic heterocycles. The lowest BCUT2D eigenvalue weighted by molar-refractivity contribution is -0.116. The summed E-state index contributed by atoms with van der Waals surface area (Å²) in [6.45, 7) is 6.83. The number of nitrogens with zero attached hydrogens (tertiary/aromatic N) is 2. The molecule has 6 nitrogen and oxygen atoms in total. The number of carbonyl (C=O) groups is 1. The number of rotatable bonds is 8. The van der Waals surface area contributed by atoms with E-state index in [-0.39, 0.29) is 29.9 Å². The van der Waals surface area contributed by atoms with Crippen LogP contribution in [0, 0.1) is 0 Å². The van der Waals surface area contributed by atoms with Crippen LogP contribution in [0.4, 0.5) is 5.69 Å². The molecule has 1 aromatic carbocycles. The molecule has 136 valence electrons. The Morgan fingerprint density at radius 3 is 2.58 bits per heavy atom. The molecule has 0 radical (unpaired) electrons. The molecule has 0 saturated carbocycles. The molecule has 1 amide bonds. The number of hydrogen-bond donors (Lipinski definition) is 3. The Bertz CT molecular complexity index is 519. The molecule has 0 unspecified atom stereocenters. The fraction of sp³-hybridized carbons (Fsp3) is 0.529. The van der Waals surface area contributed by atoms with Gasteiger partial charge in [-0.05, 0) is 45.1 Å². The fourth-order valence-corrected chi connectivity index (χ4v) is 1.99. The number of carbonyl (C=O) groups excluding carboxylic acids is 1. The fourth-order valence-electron chi connectivity index (χ4n) is 1.99. The van der Waals surface area contributed by atoms with Crippen LogP contribution in [-0.2, 0) is 11.3 Å². The third kappa shape index (κ3) is 9.71. The van der Waals surface area contributed by atoms with Crippen molar-refractivity contribution in [1.82, 2.24) is 15.5 Å². The lowest BCUT2D eigenvalue weighted by Crippen LogP contribution is -2.37. The summed E-state index contributed by atoms with van der Waals surface area (Å²) >= 11 is 0. The van der Waals surface area contributed by atoms with Gasteiger partial charge in [0.25, 0.3) is 0 Å². The van der Waals surface area contributed by atoms with Crippen LogP contribution in [0.3, 0.4) is 0 Å². The molecule has 0 spiro atoms. The Balaban J connectivity index is 0.00000529. The summed E-state index contributed by atoms with van der Waals surface area (Å²) in [4.78, 5) is 18.2. The summed E-state index contributed by atoms with van der Waals surface area (Å²) in [6, 6.07) is 7.79. The molecule has 0 aliphatic rings. The van der Waals surface area contributed by atoms with Gasteiger partial charge in [-0.1, -0.05) is 19.1 Å². The highest BCUT2D eigenvalue weighted by Gasteiger charge is 2.04. The van der Waals surface area contributed by atoms with E-state index in [1.807, 2.05) is 50.2 Å². The highest BCUT2D eigenvalue weighted by atomic mass is 127. The molecule has 3 N–H and O–H groups in total. The van der Waals surface area contributed by atoms with Gasteiger partial charge >= 0.3 is 0 Å². The van der Waals surface area contributed by atoms with E-state index in [0.29, 0.717) is 13.1 Å². The predicted octanol–water partition coefficient (Wildman–Crippen LogP) is 2.27. The molecule has 0 aromatic heterocycles. The second kappa shape index (κ2) is 13.0. The number of amides is 1. The zero-order valence-electron chi connectivity index (χ0n) is 15.1. The highest BCUT2D eigenvalue weighted by molar-refractivity contribution is 14.0. The first kappa shape index (κ1) is 22.6. The second-order valence-electron chi connectivity index (χ2n) is 5.61. The summed E-state index contributed by atoms with van der Waals surface area (Å²) in [5.74, 6) is 0.796. The number of nitrogens with one attached hydrogen (secondary N) is 3. The topological polar surface area (TPSA) is 68.8 Å². The number of halogens is 1. The molecule has 0 heterocycles. The van der Waals surface area contributed by atoms with Gasteiger partial charge in [0.1, 0.15) is 0 Å². The van der Waals surface area contributed by atoms with Crippen molar-refractivity contribution < 1.29 is 4.79 Å². The SMILES string of the molecule is CCCNC(=NCc1cccc(NC(=O)CN(C)C)c1)NCC.I. The van der Waals surface area contributed by atoms with Crippen molar-refractivity contribution in [3.8, 4) is 0 Å². The zero-order valence-corrected chi connectivity index (χ0v) is 17.4. The van der Waals surface area contributed by atoms with E-state index < -0.39 is 0 Å². The van der Waals surface area contributed by atoms with Crippen molar-refractivity contribution in [2.75, 3.05) is 39.0 Å². The van der Waals surface area contributed by atoms with Crippen LogP contribution >= 0.6 is 24.0 Å². The standard InChI is InChI=1S/C17H29N5O.HI/c1-5-10-19-17(18-6-2)20-12-14-8-7-9-15(11-14)21-16(23)13-22(3)4;/h7-9,11H,5-6,10,12-13H2,1-4H3,(H,21,23)(H2,18,19,20);1H. The van der Waals surface area contributed by atoms with Crippen LogP contribution in [0.2, 0.25) is 0 Å². The Morgan fingerprint density at radius 2 is 1.96 bits per heavy atom. The van der Waals surface area contributed by atoms with Crippen LogP contribution < -0.4 is 16.0 Å². The number of aliphatic imine (C=N–C) groups is 1. The van der Waals surface area contributed by atoms with E-state index in [0.717, 1.165) is 36.7 Å². The molecule has 0 fully saturated rings. The molecule has 1 rings (SSSR count). The number of benzene rings is 1. The largest absolute Gasteiger partial charge is 0.357 e. The van der Waals surface area contributed by atoms with Gasteiger partial charge in [0.05, 0.1) is 13.1 Å². The Labute approximate surface area is 162 Å². The quantitative estimate of drug-likeness (QED) is 0.325. The molecule has 0 bridgehead atoms. The smallest absolute Gasteiger partial charge is 0.238 e. The van der Waals surface area contributed by atoms with E-state index in [4.69, 9.17) is 0 Å². The van der Waals surface area contributed by atoms with E-state index in [9.17, 15) is 4.79 Å². The summed E-state index contributed by atoms with van der Waals surface area (Å²) in [7, 11) is 3.74. The maximum absolute atomic E-state index is 11.8. The van der Waals surface area contributed by atoms with Crippen molar-refractivity contribution >= 4 is 41.5 Å². The van der Waals surface area contributed by atoms with Gasteiger partial charge in [-0.15, -0.1) is 24.0 Å². The summed E-state index contributed by atoms with van der Waals surface area (Å²) in [5, 5.41) is 9.39. The Morgan fingerprint density at radius 1 is 1.21 bits per heavy atom. The van der Waals surface area contributed by atoms with Gasteiger partial charge in [0.2, 0.25) is 5.91 Å². The normalized spacial score (nSPS) is 11.0. The van der Waals surface area contributed by atoms with Crippen molar-refractivity contribution in [2.45, 2.75) is 26.8 Å². The molecule has 0 aliphatic carbocycles. The minimum absolute atomic E-state index is 0. The first-order valence-corrected chi connectivity index (χ1v) is 8.10. The van der Waals surface area contributed by atoms with Crippen molar-refractivity contribution in [3.63, 3.8) is 0 Å². The third-order valence-electron chi connectivity index (χ3n) is 2.98. The number of likely N-dealkylation sites (N-methyl/N-ethyl adjacent to an activating group) is 1. The van der Waals surface area contributed by atoms with Crippen LogP contribution in [0.1, 0.15) is 25.8 Å². The lowest BCUT2D eigenvalue weighted by atomic mass is 10.2. The number of hydrogen-bond acceptors (Lipinski definition) is 3. The summed E-state index contributed by atoms with van der Waals surface area (Å²) < 4.78 is 0. The minimum Gasteiger partial charge on any atom is -0.357 e. The van der Waals surface area contributed by atoms with Gasteiger partial charge in [-0.3, -0.25) is 4.79 Å². The van der Waals surface area contributed by atoms with Gasteiger partial charge in [-0.2, -0.15) is 0 Å². The van der Waals surface area contributed by atoms with Gasteiger partial charge < -0.3 is 20.9 Å². The van der Waals surface area contributed by atoms with Crippen molar-refractivity contribution in [3.05, 3.63) is 29.8 Å². The molecular weight excluding hydrogens is 417 g/mol.